The maximum Gasteiger partial charge on any atom is 0.472 e. The van der Waals surface area contributed by atoms with Gasteiger partial charge in [0.15, 0.2) is 6.10 Å². The molecule has 0 fully saturated rings. The van der Waals surface area contributed by atoms with Gasteiger partial charge in [0.2, 0.25) is 0 Å². The first kappa shape index (κ1) is 67.5. The van der Waals surface area contributed by atoms with Gasteiger partial charge in [-0.3, -0.25) is 32.5 Å². The summed E-state index contributed by atoms with van der Waals surface area (Å²) in [6.07, 6.45) is 33.4. The third-order valence-corrected chi connectivity index (χ3v) is 13.7. The molecule has 4 N–H and O–H groups in total. The van der Waals surface area contributed by atoms with Gasteiger partial charge in [-0.05, 0) is 19.3 Å². The number of phosphoric ester groups is 2. The number of esters is 3. The fourth-order valence-corrected chi connectivity index (χ4v) is 9.15. The van der Waals surface area contributed by atoms with E-state index < -0.39 is 91.5 Å². The van der Waals surface area contributed by atoms with Gasteiger partial charge < -0.3 is 34.2 Å². The second-order valence-electron chi connectivity index (χ2n) is 18.8. The largest absolute Gasteiger partial charge is 0.472 e. The van der Waals surface area contributed by atoms with Crippen LogP contribution in [0.2, 0.25) is 0 Å². The molecular formula is C51H100O16P2. The van der Waals surface area contributed by atoms with Crippen LogP contribution in [0.3, 0.4) is 0 Å². The maximum absolute atomic E-state index is 12.8. The highest BCUT2D eigenvalue weighted by molar-refractivity contribution is 7.47. The van der Waals surface area contributed by atoms with Crippen LogP contribution >= 0.6 is 15.6 Å². The lowest BCUT2D eigenvalue weighted by molar-refractivity contribution is -0.161. The monoisotopic (exact) mass is 1030 g/mol. The van der Waals surface area contributed by atoms with E-state index in [1.54, 1.807) is 0 Å². The van der Waals surface area contributed by atoms with Crippen molar-refractivity contribution < 1.29 is 75.8 Å². The number of hydrogen-bond acceptors (Lipinski definition) is 14. The lowest BCUT2D eigenvalue weighted by Gasteiger charge is -2.21. The number of aliphatic hydroxyl groups excluding tert-OH is 2. The molecule has 0 saturated heterocycles. The molecule has 18 heteroatoms. The van der Waals surface area contributed by atoms with Gasteiger partial charge in [0.1, 0.15) is 25.4 Å². The van der Waals surface area contributed by atoms with Crippen LogP contribution in [0.4, 0.5) is 0 Å². The Kier molecular flexibility index (Phi) is 46.5. The minimum atomic E-state index is -4.89. The highest BCUT2D eigenvalue weighted by Crippen LogP contribution is 2.45. The van der Waals surface area contributed by atoms with Crippen molar-refractivity contribution in [1.29, 1.82) is 0 Å². The molecule has 16 nitrogen and oxygen atoms in total. The molecule has 410 valence electrons. The van der Waals surface area contributed by atoms with E-state index in [-0.39, 0.29) is 19.3 Å². The third kappa shape index (κ3) is 48.6. The van der Waals surface area contributed by atoms with Crippen molar-refractivity contribution in [3.63, 3.8) is 0 Å². The molecule has 0 radical (unpaired) electrons. The molecule has 0 saturated carbocycles. The van der Waals surface area contributed by atoms with Gasteiger partial charge in [-0.2, -0.15) is 0 Å². The van der Waals surface area contributed by atoms with Crippen molar-refractivity contribution in [2.24, 2.45) is 0 Å². The van der Waals surface area contributed by atoms with Crippen molar-refractivity contribution in [3.05, 3.63) is 0 Å². The topological polar surface area (TPSA) is 231 Å². The van der Waals surface area contributed by atoms with Crippen LogP contribution in [0.1, 0.15) is 252 Å². The van der Waals surface area contributed by atoms with E-state index in [0.717, 1.165) is 64.2 Å². The number of carbonyl (C=O) groups is 3. The van der Waals surface area contributed by atoms with Crippen LogP contribution in [0.25, 0.3) is 0 Å². The van der Waals surface area contributed by atoms with Crippen LogP contribution in [0.15, 0.2) is 0 Å². The van der Waals surface area contributed by atoms with E-state index in [9.17, 15) is 43.5 Å². The van der Waals surface area contributed by atoms with E-state index in [0.29, 0.717) is 19.3 Å². The number of ether oxygens (including phenoxy) is 3. The first-order chi connectivity index (χ1) is 33.2. The highest BCUT2D eigenvalue weighted by atomic mass is 31.2. The quantitative estimate of drug-likeness (QED) is 0.0192. The zero-order valence-electron chi connectivity index (χ0n) is 43.5. The Morgan fingerprint density at radius 3 is 0.913 bits per heavy atom. The summed E-state index contributed by atoms with van der Waals surface area (Å²) in [7, 11) is -9.71. The van der Waals surface area contributed by atoms with Crippen molar-refractivity contribution in [3.8, 4) is 0 Å². The number of carbonyl (C=O) groups excluding carboxylic acids is 3. The van der Waals surface area contributed by atoms with Crippen LogP contribution in [-0.2, 0) is 55.8 Å². The summed E-state index contributed by atoms with van der Waals surface area (Å²) < 4.78 is 60.3. The summed E-state index contributed by atoms with van der Waals surface area (Å²) >= 11 is 0. The lowest BCUT2D eigenvalue weighted by atomic mass is 10.1. The van der Waals surface area contributed by atoms with E-state index in [2.05, 4.69) is 20.8 Å². The summed E-state index contributed by atoms with van der Waals surface area (Å²) in [6.45, 7) is 2.64. The molecule has 0 bridgehead atoms. The van der Waals surface area contributed by atoms with E-state index in [1.165, 1.54) is 128 Å². The average molecular weight is 1030 g/mol. The molecule has 0 aromatic rings. The van der Waals surface area contributed by atoms with Gasteiger partial charge in [-0.15, -0.1) is 0 Å². The smallest absolute Gasteiger partial charge is 0.463 e. The third-order valence-electron chi connectivity index (χ3n) is 11.8. The van der Waals surface area contributed by atoms with Crippen molar-refractivity contribution in [2.75, 3.05) is 39.6 Å². The molecule has 5 unspecified atom stereocenters. The molecule has 0 aliphatic rings. The Morgan fingerprint density at radius 1 is 0.348 bits per heavy atom. The number of phosphoric acid groups is 2. The summed E-state index contributed by atoms with van der Waals surface area (Å²) in [6, 6.07) is 0. The number of unbranched alkanes of at least 4 members (excludes halogenated alkanes) is 30. The van der Waals surface area contributed by atoms with Gasteiger partial charge in [0.25, 0.3) is 0 Å². The SMILES string of the molecule is CCCCCCCCCCCCCC(=O)OCC(O)COP(=O)(O)OCC(O)COP(=O)(O)OCC(COC(=O)CCCCCCCCCCCCC)OC(=O)CCCCCCCCCCCCC. The highest BCUT2D eigenvalue weighted by Gasteiger charge is 2.29. The fourth-order valence-electron chi connectivity index (χ4n) is 7.57. The van der Waals surface area contributed by atoms with Crippen molar-refractivity contribution >= 4 is 33.6 Å². The Balaban J connectivity index is 4.67. The van der Waals surface area contributed by atoms with Crippen LogP contribution in [-0.4, -0.2) is 95.9 Å². The standard InChI is InChI=1S/C51H100O16P2/c1-4-7-10-13-16-19-22-25-28-31-34-37-49(54)61-40-46(52)41-63-68(57,58)64-42-47(53)43-65-69(59,60)66-45-48(67-51(56)39-36-33-30-27-24-21-18-15-12-9-6-3)44-62-50(55)38-35-32-29-26-23-20-17-14-11-8-5-2/h46-48,52-53H,4-45H2,1-3H3,(H,57,58)(H,59,60). The molecule has 0 rings (SSSR count). The lowest BCUT2D eigenvalue weighted by Crippen LogP contribution is -2.30. The fraction of sp³-hybridized carbons (Fsp3) is 0.941. The van der Waals surface area contributed by atoms with E-state index in [1.807, 2.05) is 0 Å². The maximum atomic E-state index is 12.8. The molecular weight excluding hydrogens is 930 g/mol. The van der Waals surface area contributed by atoms with Crippen molar-refractivity contribution in [2.45, 2.75) is 270 Å². The minimum absolute atomic E-state index is 0.115. The predicted molar refractivity (Wildman–Crippen MR) is 271 cm³/mol. The van der Waals surface area contributed by atoms with Crippen LogP contribution < -0.4 is 0 Å². The minimum Gasteiger partial charge on any atom is -0.463 e. The molecule has 0 heterocycles. The zero-order chi connectivity index (χ0) is 51.1. The van der Waals surface area contributed by atoms with Gasteiger partial charge >= 0.3 is 33.6 Å². The number of hydrogen-bond donors (Lipinski definition) is 4. The Hall–Kier alpha value is -1.45. The van der Waals surface area contributed by atoms with Crippen LogP contribution in [0.5, 0.6) is 0 Å². The second kappa shape index (κ2) is 47.5. The molecule has 0 spiro atoms. The van der Waals surface area contributed by atoms with E-state index >= 15 is 0 Å². The van der Waals surface area contributed by atoms with E-state index in [4.69, 9.17) is 32.3 Å². The average Bonchev–Trinajstić information content (AvgIpc) is 3.32. The first-order valence-corrected chi connectivity index (χ1v) is 30.3. The number of aliphatic hydroxyl groups is 2. The summed E-state index contributed by atoms with van der Waals surface area (Å²) in [5.74, 6) is -1.56. The zero-order valence-corrected chi connectivity index (χ0v) is 45.3. The summed E-state index contributed by atoms with van der Waals surface area (Å²) in [5, 5.41) is 20.3. The van der Waals surface area contributed by atoms with Crippen LogP contribution in [0, 0.1) is 0 Å². The van der Waals surface area contributed by atoms with Crippen molar-refractivity contribution in [1.82, 2.24) is 0 Å². The second-order valence-corrected chi connectivity index (χ2v) is 21.7. The molecule has 69 heavy (non-hydrogen) atoms. The summed E-state index contributed by atoms with van der Waals surface area (Å²) in [4.78, 5) is 57.7. The molecule has 0 aliphatic carbocycles. The van der Waals surface area contributed by atoms with Gasteiger partial charge in [-0.1, -0.05) is 213 Å². The molecule has 5 atom stereocenters. The van der Waals surface area contributed by atoms with Gasteiger partial charge in [0, 0.05) is 19.3 Å². The molecule has 0 aromatic heterocycles. The first-order valence-electron chi connectivity index (χ1n) is 27.3. The Labute approximate surface area is 418 Å². The number of rotatable bonds is 53. The van der Waals surface area contributed by atoms with Gasteiger partial charge in [-0.25, -0.2) is 9.13 Å². The van der Waals surface area contributed by atoms with Gasteiger partial charge in [0.05, 0.1) is 26.4 Å². The Morgan fingerprint density at radius 2 is 0.594 bits per heavy atom. The normalized spacial score (nSPS) is 14.7. The molecule has 0 amide bonds. The predicted octanol–water partition coefficient (Wildman–Crippen LogP) is 13.1. The molecule has 0 aliphatic heterocycles. The Bertz CT molecular complexity index is 1310. The summed E-state index contributed by atoms with van der Waals surface area (Å²) in [5.41, 5.74) is 0. The molecule has 0 aromatic carbocycles.